The maximum atomic E-state index is 13.5. The Labute approximate surface area is 219 Å². The van der Waals surface area contributed by atoms with Crippen LogP contribution in [0.3, 0.4) is 0 Å². The zero-order valence-electron chi connectivity index (χ0n) is 22.1. The van der Waals surface area contributed by atoms with Crippen molar-refractivity contribution >= 4 is 29.0 Å². The van der Waals surface area contributed by atoms with E-state index < -0.39 is 5.91 Å². The number of amides is 1. The van der Waals surface area contributed by atoms with Crippen molar-refractivity contribution in [1.82, 2.24) is 4.98 Å². The maximum absolute atomic E-state index is 13.5. The maximum Gasteiger partial charge on any atom is 0.250 e. The van der Waals surface area contributed by atoms with Crippen LogP contribution < -0.4 is 16.0 Å². The number of nitrogens with zero attached hydrogens (tertiary/aromatic N) is 2. The van der Waals surface area contributed by atoms with Gasteiger partial charge in [0.05, 0.1) is 5.56 Å². The van der Waals surface area contributed by atoms with Gasteiger partial charge in [0.15, 0.2) is 11.6 Å². The lowest BCUT2D eigenvalue weighted by molar-refractivity contribution is 0.0944. The number of carbonyl (C=O) groups excluding carboxylic acids is 3. The first-order valence-electron chi connectivity index (χ1n) is 13.8. The van der Waals surface area contributed by atoms with Crippen molar-refractivity contribution in [2.75, 3.05) is 10.2 Å². The van der Waals surface area contributed by atoms with Crippen LogP contribution in [0.5, 0.6) is 0 Å². The van der Waals surface area contributed by atoms with Crippen LogP contribution in [-0.2, 0) is 0 Å². The van der Waals surface area contributed by atoms with E-state index in [2.05, 4.69) is 22.1 Å². The Morgan fingerprint density at radius 2 is 1.78 bits per heavy atom. The molecule has 196 valence electrons. The van der Waals surface area contributed by atoms with Gasteiger partial charge in [0.1, 0.15) is 5.82 Å². The summed E-state index contributed by atoms with van der Waals surface area (Å²) in [5.41, 5.74) is 8.87. The van der Waals surface area contributed by atoms with Crippen LogP contribution >= 0.6 is 0 Å². The second kappa shape index (κ2) is 10.3. The van der Waals surface area contributed by atoms with Gasteiger partial charge >= 0.3 is 0 Å². The second-order valence-corrected chi connectivity index (χ2v) is 11.3. The molecule has 2 aliphatic heterocycles. The number of piperidine rings is 1. The minimum absolute atomic E-state index is 0.125. The molecular weight excluding hydrogens is 464 g/mol. The van der Waals surface area contributed by atoms with Gasteiger partial charge in [-0.05, 0) is 94.5 Å². The number of carbonyl (C=O) groups is 3. The number of ketones is 2. The number of benzene rings is 1. The number of pyridine rings is 1. The van der Waals surface area contributed by atoms with Crippen LogP contribution in [0.2, 0.25) is 0 Å². The lowest BCUT2D eigenvalue weighted by Gasteiger charge is -2.39. The minimum Gasteiger partial charge on any atom is -0.382 e. The Hall–Kier alpha value is -3.22. The second-order valence-electron chi connectivity index (χ2n) is 11.3. The van der Waals surface area contributed by atoms with E-state index in [9.17, 15) is 14.4 Å². The molecule has 3 aliphatic rings. The summed E-state index contributed by atoms with van der Waals surface area (Å²) in [6.45, 7) is 5.99. The lowest BCUT2D eigenvalue weighted by Crippen LogP contribution is -2.43. The SMILES string of the molecule is CC[C@@H](C)Nc1cc(C(=O)CC2CC3CCC(C2)N3c2ccc(C(=O)C3CC3)cn2)c(C)cc1C(N)=O. The van der Waals surface area contributed by atoms with E-state index in [1.807, 2.05) is 32.0 Å². The number of hydrogen-bond donors (Lipinski definition) is 2. The molecule has 7 heteroatoms. The van der Waals surface area contributed by atoms with E-state index in [0.717, 1.165) is 61.9 Å². The highest BCUT2D eigenvalue weighted by Crippen LogP contribution is 2.43. The molecule has 5 rings (SSSR count). The Kier molecular flexibility index (Phi) is 7.06. The van der Waals surface area contributed by atoms with Crippen molar-refractivity contribution in [3.8, 4) is 0 Å². The van der Waals surface area contributed by atoms with Gasteiger partial charge < -0.3 is 16.0 Å². The monoisotopic (exact) mass is 502 g/mol. The van der Waals surface area contributed by atoms with Crippen molar-refractivity contribution in [2.24, 2.45) is 17.6 Å². The molecule has 3 heterocycles. The number of anilines is 2. The van der Waals surface area contributed by atoms with Crippen LogP contribution in [0.1, 0.15) is 102 Å². The third-order valence-corrected chi connectivity index (χ3v) is 8.49. The highest BCUT2D eigenvalue weighted by Gasteiger charge is 2.42. The van der Waals surface area contributed by atoms with Crippen molar-refractivity contribution in [2.45, 2.75) is 90.3 Å². The molecule has 1 aromatic carbocycles. The molecule has 7 nitrogen and oxygen atoms in total. The fraction of sp³-hybridized carbons (Fsp3) is 0.533. The number of nitrogens with two attached hydrogens (primary N) is 1. The minimum atomic E-state index is -0.490. The van der Waals surface area contributed by atoms with E-state index >= 15 is 0 Å². The van der Waals surface area contributed by atoms with Gasteiger partial charge in [-0.1, -0.05) is 6.92 Å². The van der Waals surface area contributed by atoms with Gasteiger partial charge in [-0.2, -0.15) is 0 Å². The first-order chi connectivity index (χ1) is 17.7. The highest BCUT2D eigenvalue weighted by atomic mass is 16.1. The summed E-state index contributed by atoms with van der Waals surface area (Å²) in [4.78, 5) is 44.9. The quantitative estimate of drug-likeness (QED) is 0.427. The standard InChI is InChI=1S/C30H38N4O3/c1-4-18(3)33-26-15-24(17(2)11-25(26)30(31)37)27(35)14-19-12-22-8-9-23(13-19)34(22)28-10-7-21(16-32-28)29(36)20-5-6-20/h7,10-11,15-16,18-20,22-23,33H,4-6,8-9,12-14H2,1-3H3,(H2,31,37)/t18-,19?,22?,23?/m1/s1. The van der Waals surface area contributed by atoms with E-state index in [1.54, 1.807) is 12.3 Å². The van der Waals surface area contributed by atoms with E-state index in [0.29, 0.717) is 41.2 Å². The summed E-state index contributed by atoms with van der Waals surface area (Å²) in [6.07, 6.45) is 9.28. The van der Waals surface area contributed by atoms with Crippen LogP contribution in [0.25, 0.3) is 0 Å². The first kappa shape index (κ1) is 25.4. The molecule has 3 fully saturated rings. The highest BCUT2D eigenvalue weighted by molar-refractivity contribution is 6.04. The number of hydrogen-bond acceptors (Lipinski definition) is 6. The number of fused-ring (bicyclic) bond motifs is 2. The largest absolute Gasteiger partial charge is 0.382 e. The molecule has 1 saturated carbocycles. The van der Waals surface area contributed by atoms with Crippen LogP contribution in [-0.4, -0.2) is 40.6 Å². The Morgan fingerprint density at radius 3 is 2.35 bits per heavy atom. The fourth-order valence-electron chi connectivity index (χ4n) is 6.17. The first-order valence-corrected chi connectivity index (χ1v) is 13.8. The average molecular weight is 503 g/mol. The molecule has 1 aromatic heterocycles. The molecule has 0 spiro atoms. The molecule has 37 heavy (non-hydrogen) atoms. The summed E-state index contributed by atoms with van der Waals surface area (Å²) >= 11 is 0. The fourth-order valence-corrected chi connectivity index (χ4v) is 6.17. The summed E-state index contributed by atoms with van der Waals surface area (Å²) in [6, 6.07) is 8.41. The molecule has 1 amide bonds. The van der Waals surface area contributed by atoms with E-state index in [1.165, 1.54) is 0 Å². The Morgan fingerprint density at radius 1 is 1.08 bits per heavy atom. The zero-order valence-corrected chi connectivity index (χ0v) is 22.1. The van der Waals surface area contributed by atoms with E-state index in [-0.39, 0.29) is 23.5 Å². The van der Waals surface area contributed by atoms with Gasteiger partial charge in [-0.3, -0.25) is 14.4 Å². The van der Waals surface area contributed by atoms with Crippen molar-refractivity contribution in [3.63, 3.8) is 0 Å². The summed E-state index contributed by atoms with van der Waals surface area (Å²) in [5.74, 6) is 1.33. The predicted molar refractivity (Wildman–Crippen MR) is 145 cm³/mol. The zero-order chi connectivity index (χ0) is 26.3. The number of aryl methyl sites for hydroxylation is 1. The van der Waals surface area contributed by atoms with Crippen LogP contribution in [0, 0.1) is 18.8 Å². The topological polar surface area (TPSA) is 105 Å². The third kappa shape index (κ3) is 5.27. The molecule has 2 unspecified atom stereocenters. The molecule has 3 N–H and O–H groups in total. The molecular formula is C30H38N4O3. The Balaban J connectivity index is 1.27. The molecule has 2 bridgehead atoms. The summed E-state index contributed by atoms with van der Waals surface area (Å²) < 4.78 is 0. The normalized spacial score (nSPS) is 23.5. The average Bonchev–Trinajstić information content (AvgIpc) is 3.69. The number of nitrogens with one attached hydrogen (secondary N) is 1. The summed E-state index contributed by atoms with van der Waals surface area (Å²) in [5, 5.41) is 3.35. The van der Waals surface area contributed by atoms with Crippen molar-refractivity contribution in [1.29, 1.82) is 0 Å². The molecule has 0 radical (unpaired) electrons. The van der Waals surface area contributed by atoms with Crippen LogP contribution in [0.4, 0.5) is 11.5 Å². The third-order valence-electron chi connectivity index (χ3n) is 8.49. The Bertz CT molecular complexity index is 1190. The molecule has 3 atom stereocenters. The molecule has 1 aliphatic carbocycles. The van der Waals surface area contributed by atoms with Gasteiger partial charge in [-0.15, -0.1) is 0 Å². The predicted octanol–water partition coefficient (Wildman–Crippen LogP) is 5.31. The van der Waals surface area contributed by atoms with E-state index in [4.69, 9.17) is 5.73 Å². The van der Waals surface area contributed by atoms with Crippen molar-refractivity contribution < 1.29 is 14.4 Å². The molecule has 2 saturated heterocycles. The van der Waals surface area contributed by atoms with Crippen LogP contribution in [0.15, 0.2) is 30.5 Å². The number of Topliss-reactive ketones (excluding diaryl/α,β-unsaturated/α-hetero) is 2. The summed E-state index contributed by atoms with van der Waals surface area (Å²) in [7, 11) is 0. The smallest absolute Gasteiger partial charge is 0.250 e. The number of primary amides is 1. The van der Waals surface area contributed by atoms with Gasteiger partial charge in [0.25, 0.3) is 5.91 Å². The lowest BCUT2D eigenvalue weighted by atomic mass is 9.84. The number of aromatic nitrogens is 1. The van der Waals surface area contributed by atoms with Gasteiger partial charge in [0.2, 0.25) is 0 Å². The number of rotatable bonds is 10. The molecule has 2 aromatic rings. The van der Waals surface area contributed by atoms with Gasteiger partial charge in [0, 0.05) is 53.5 Å². The van der Waals surface area contributed by atoms with Gasteiger partial charge in [-0.25, -0.2) is 4.98 Å². The van der Waals surface area contributed by atoms with Crippen molar-refractivity contribution in [3.05, 3.63) is 52.7 Å².